The first-order valence-corrected chi connectivity index (χ1v) is 11.7. The summed E-state index contributed by atoms with van der Waals surface area (Å²) in [5, 5.41) is 12.2. The number of ether oxygens (including phenoxy) is 2. The van der Waals surface area contributed by atoms with Gasteiger partial charge in [-0.25, -0.2) is 0 Å². The van der Waals surface area contributed by atoms with E-state index in [1.165, 1.54) is 4.90 Å². The first-order chi connectivity index (χ1) is 17.5. The molecule has 2 N–H and O–H groups in total. The lowest BCUT2D eigenvalue weighted by atomic mass is 9.95. The molecule has 0 spiro atoms. The van der Waals surface area contributed by atoms with Crippen LogP contribution in [0.2, 0.25) is 0 Å². The molecule has 1 unspecified atom stereocenters. The van der Waals surface area contributed by atoms with Gasteiger partial charge in [0.2, 0.25) is 0 Å². The van der Waals surface area contributed by atoms with Crippen LogP contribution in [0.4, 0.5) is 0 Å². The summed E-state index contributed by atoms with van der Waals surface area (Å²) < 4.78 is 10.9. The topological polar surface area (TPSA) is 91.9 Å². The fraction of sp³-hybridized carbons (Fsp3) is 0.172. The van der Waals surface area contributed by atoms with Gasteiger partial charge in [0.05, 0.1) is 25.3 Å². The maximum Gasteiger partial charge on any atom is 0.295 e. The first-order valence-electron chi connectivity index (χ1n) is 11.7. The third-order valence-electron chi connectivity index (χ3n) is 6.38. The van der Waals surface area contributed by atoms with Crippen molar-refractivity contribution in [3.8, 4) is 11.5 Å². The number of aromatic amines is 1. The molecule has 1 fully saturated rings. The van der Waals surface area contributed by atoms with E-state index in [9.17, 15) is 14.7 Å². The van der Waals surface area contributed by atoms with E-state index in [1.54, 1.807) is 25.4 Å². The second kappa shape index (κ2) is 9.62. The number of fused-ring (bicyclic) bond motifs is 1. The predicted octanol–water partition coefficient (Wildman–Crippen LogP) is 5.20. The highest BCUT2D eigenvalue weighted by Crippen LogP contribution is 2.41. The Hall–Kier alpha value is -4.52. The number of Topliss-reactive ketones (excluding diaryl/α,β-unsaturated/α-hetero) is 1. The van der Waals surface area contributed by atoms with E-state index >= 15 is 0 Å². The third-order valence-corrected chi connectivity index (χ3v) is 6.38. The summed E-state index contributed by atoms with van der Waals surface area (Å²) >= 11 is 0. The summed E-state index contributed by atoms with van der Waals surface area (Å²) in [6.45, 7) is 2.59. The van der Waals surface area contributed by atoms with E-state index in [0.717, 1.165) is 16.5 Å². The number of ketones is 1. The molecule has 1 amide bonds. The zero-order valence-electron chi connectivity index (χ0n) is 20.0. The van der Waals surface area contributed by atoms with Gasteiger partial charge in [-0.05, 0) is 48.4 Å². The van der Waals surface area contributed by atoms with E-state index in [2.05, 4.69) is 4.98 Å². The number of aliphatic hydroxyl groups excluding tert-OH is 1. The van der Waals surface area contributed by atoms with Crippen molar-refractivity contribution >= 4 is 28.4 Å². The van der Waals surface area contributed by atoms with Gasteiger partial charge in [-0.3, -0.25) is 9.59 Å². The molecule has 5 rings (SSSR count). The van der Waals surface area contributed by atoms with E-state index in [-0.39, 0.29) is 17.9 Å². The molecule has 7 heteroatoms. The number of hydrogen-bond acceptors (Lipinski definition) is 5. The van der Waals surface area contributed by atoms with E-state index < -0.39 is 17.7 Å². The highest BCUT2D eigenvalue weighted by atomic mass is 16.5. The third kappa shape index (κ3) is 4.09. The van der Waals surface area contributed by atoms with Gasteiger partial charge >= 0.3 is 0 Å². The lowest BCUT2D eigenvalue weighted by Crippen LogP contribution is -2.29. The van der Waals surface area contributed by atoms with Crippen molar-refractivity contribution in [1.82, 2.24) is 9.88 Å². The van der Waals surface area contributed by atoms with Crippen molar-refractivity contribution in [3.63, 3.8) is 0 Å². The number of aliphatic hydroxyl groups is 1. The van der Waals surface area contributed by atoms with E-state index in [1.807, 2.05) is 67.6 Å². The van der Waals surface area contributed by atoms with Gasteiger partial charge in [0.1, 0.15) is 17.3 Å². The average Bonchev–Trinajstić information content (AvgIpc) is 3.44. The first kappa shape index (κ1) is 23.2. The zero-order chi connectivity index (χ0) is 25.2. The van der Waals surface area contributed by atoms with Crippen LogP contribution in [0, 0.1) is 0 Å². The second-order valence-electron chi connectivity index (χ2n) is 8.53. The van der Waals surface area contributed by atoms with Crippen molar-refractivity contribution in [2.45, 2.75) is 19.5 Å². The smallest absolute Gasteiger partial charge is 0.295 e. The normalized spacial score (nSPS) is 17.1. The second-order valence-corrected chi connectivity index (χ2v) is 8.53. The summed E-state index contributed by atoms with van der Waals surface area (Å²) in [4.78, 5) is 31.3. The molecule has 7 nitrogen and oxygen atoms in total. The number of carbonyl (C=O) groups is 2. The molecule has 1 aromatic heterocycles. The Morgan fingerprint density at radius 2 is 1.78 bits per heavy atom. The quantitative estimate of drug-likeness (QED) is 0.215. The number of methoxy groups -OCH3 is 1. The van der Waals surface area contributed by atoms with Crippen LogP contribution in [0.1, 0.15) is 29.7 Å². The Bertz CT molecular complexity index is 1470. The molecular formula is C29H26N2O5. The van der Waals surface area contributed by atoms with Gasteiger partial charge in [0, 0.05) is 29.2 Å². The summed E-state index contributed by atoms with van der Waals surface area (Å²) in [7, 11) is 1.57. The Balaban J connectivity index is 1.64. The van der Waals surface area contributed by atoms with E-state index in [4.69, 9.17) is 9.47 Å². The predicted molar refractivity (Wildman–Crippen MR) is 137 cm³/mol. The molecule has 0 radical (unpaired) electrons. The monoisotopic (exact) mass is 482 g/mol. The number of nitrogens with zero attached hydrogens (tertiary/aromatic N) is 1. The number of hydrogen-bond donors (Lipinski definition) is 2. The largest absolute Gasteiger partial charge is 0.507 e. The summed E-state index contributed by atoms with van der Waals surface area (Å²) in [6.07, 6.45) is 1.66. The highest BCUT2D eigenvalue weighted by Gasteiger charge is 2.46. The molecule has 0 bridgehead atoms. The molecule has 4 aromatic rings. The fourth-order valence-corrected chi connectivity index (χ4v) is 4.69. The van der Waals surface area contributed by atoms with Gasteiger partial charge in [0.15, 0.2) is 0 Å². The molecule has 182 valence electrons. The van der Waals surface area contributed by atoms with Crippen molar-refractivity contribution in [2.75, 3.05) is 13.7 Å². The van der Waals surface area contributed by atoms with Crippen molar-refractivity contribution in [3.05, 3.63) is 101 Å². The summed E-state index contributed by atoms with van der Waals surface area (Å²) in [5.74, 6) is -0.265. The number of likely N-dealkylation sites (tertiary alicyclic amines) is 1. The Kier molecular flexibility index (Phi) is 6.21. The molecule has 3 aromatic carbocycles. The van der Waals surface area contributed by atoms with E-state index in [0.29, 0.717) is 29.2 Å². The maximum atomic E-state index is 13.4. The van der Waals surface area contributed by atoms with Gasteiger partial charge in [-0.15, -0.1) is 0 Å². The summed E-state index contributed by atoms with van der Waals surface area (Å²) in [6, 6.07) is 21.3. The number of rotatable bonds is 7. The maximum absolute atomic E-state index is 13.4. The molecule has 36 heavy (non-hydrogen) atoms. The number of carbonyl (C=O) groups excluding carboxylic acids is 2. The van der Waals surface area contributed by atoms with Crippen LogP contribution in [0.3, 0.4) is 0 Å². The SMILES string of the molecule is CCOc1cccc(CN2C(=O)C(=O)/C(=C(\O)c3c[nH]c4ccccc34)C2c2ccc(OC)cc2)c1. The lowest BCUT2D eigenvalue weighted by molar-refractivity contribution is -0.140. The highest BCUT2D eigenvalue weighted by molar-refractivity contribution is 6.46. The van der Waals surface area contributed by atoms with Gasteiger partial charge in [0.25, 0.3) is 11.7 Å². The minimum Gasteiger partial charge on any atom is -0.507 e. The van der Waals surface area contributed by atoms with Crippen molar-refractivity contribution in [1.29, 1.82) is 0 Å². The van der Waals surface area contributed by atoms with Gasteiger partial charge in [-0.2, -0.15) is 0 Å². The summed E-state index contributed by atoms with van der Waals surface area (Å²) in [5.41, 5.74) is 2.85. The fourth-order valence-electron chi connectivity index (χ4n) is 4.69. The molecule has 1 aliphatic rings. The standard InChI is InChI=1S/C29H26N2O5/c1-3-36-21-8-6-7-18(15-21)17-31-26(19-11-13-20(35-2)14-12-19)25(28(33)29(31)34)27(32)23-16-30-24-10-5-4-9-22(23)24/h4-16,26,30,32H,3,17H2,1-2H3/b27-25-. The van der Waals surface area contributed by atoms with Gasteiger partial charge < -0.3 is 24.5 Å². The molecule has 1 atom stereocenters. The van der Waals surface area contributed by atoms with Crippen molar-refractivity contribution in [2.24, 2.45) is 0 Å². The van der Waals surface area contributed by atoms with Crippen LogP contribution in [-0.2, 0) is 16.1 Å². The van der Waals surface area contributed by atoms with Crippen molar-refractivity contribution < 1.29 is 24.2 Å². The Morgan fingerprint density at radius 3 is 2.53 bits per heavy atom. The number of amides is 1. The molecular weight excluding hydrogens is 456 g/mol. The van der Waals surface area contributed by atoms with Crippen LogP contribution in [0.15, 0.2) is 84.6 Å². The Morgan fingerprint density at radius 1 is 1.00 bits per heavy atom. The van der Waals surface area contributed by atoms with Crippen LogP contribution in [-0.4, -0.2) is 40.4 Å². The number of H-pyrrole nitrogens is 1. The Labute approximate surface area is 208 Å². The lowest BCUT2D eigenvalue weighted by Gasteiger charge is -2.25. The molecule has 0 aliphatic carbocycles. The molecule has 1 aliphatic heterocycles. The van der Waals surface area contributed by atoms with Crippen LogP contribution in [0.25, 0.3) is 16.7 Å². The minimum absolute atomic E-state index is 0.0517. The number of para-hydroxylation sites is 1. The van der Waals surface area contributed by atoms with Gasteiger partial charge in [-0.1, -0.05) is 42.5 Å². The minimum atomic E-state index is -0.777. The molecule has 2 heterocycles. The van der Waals surface area contributed by atoms with Crippen LogP contribution in [0.5, 0.6) is 11.5 Å². The zero-order valence-corrected chi connectivity index (χ0v) is 20.0. The number of aromatic nitrogens is 1. The van der Waals surface area contributed by atoms with Crippen LogP contribution < -0.4 is 9.47 Å². The number of nitrogens with one attached hydrogen (secondary N) is 1. The molecule has 1 saturated heterocycles. The van der Waals surface area contributed by atoms with Crippen LogP contribution >= 0.6 is 0 Å². The number of benzene rings is 3. The average molecular weight is 483 g/mol. The molecule has 0 saturated carbocycles.